The molecule has 1 atom stereocenters. The summed E-state index contributed by atoms with van der Waals surface area (Å²) >= 11 is 1.72. The molecular weight excluding hydrogens is 439 g/mol. The molecule has 0 aliphatic carbocycles. The third-order valence-electron chi connectivity index (χ3n) is 5.89. The van der Waals surface area contributed by atoms with Gasteiger partial charge in [-0.25, -0.2) is 0 Å². The number of thiophene rings is 1. The van der Waals surface area contributed by atoms with Crippen molar-refractivity contribution in [3.63, 3.8) is 0 Å². The molecule has 0 radical (unpaired) electrons. The van der Waals surface area contributed by atoms with Crippen LogP contribution in [0.5, 0.6) is 0 Å². The van der Waals surface area contributed by atoms with Crippen LogP contribution >= 0.6 is 36.2 Å². The van der Waals surface area contributed by atoms with Gasteiger partial charge in [-0.05, 0) is 55.8 Å². The van der Waals surface area contributed by atoms with E-state index in [0.29, 0.717) is 6.04 Å². The maximum atomic E-state index is 12.6. The number of hydrogen-bond donors (Lipinski definition) is 2. The van der Waals surface area contributed by atoms with Crippen LogP contribution in [0.3, 0.4) is 0 Å². The van der Waals surface area contributed by atoms with Crippen molar-refractivity contribution in [2.45, 2.75) is 58.2 Å². The summed E-state index contributed by atoms with van der Waals surface area (Å²) in [7, 11) is 0. The first-order valence-electron chi connectivity index (χ1n) is 10.5. The number of fused-ring (bicyclic) bond motifs is 1. The van der Waals surface area contributed by atoms with Crippen molar-refractivity contribution in [2.75, 3.05) is 19.6 Å². The average molecular weight is 471 g/mol. The summed E-state index contributed by atoms with van der Waals surface area (Å²) in [5.74, 6) is 0.0979. The SMILES string of the molecule is CCc1ccc(CN2CCc3c(C(=O)NCC[C@H]4CCCN4)csc3C2)nc1.Cl.Cl. The molecule has 0 aromatic carbocycles. The van der Waals surface area contributed by atoms with Crippen molar-refractivity contribution in [3.05, 3.63) is 51.0 Å². The second kappa shape index (κ2) is 12.0. The van der Waals surface area contributed by atoms with Gasteiger partial charge in [-0.1, -0.05) is 13.0 Å². The van der Waals surface area contributed by atoms with E-state index < -0.39 is 0 Å². The lowest BCUT2D eigenvalue weighted by atomic mass is 10.0. The highest BCUT2D eigenvalue weighted by Crippen LogP contribution is 2.29. The topological polar surface area (TPSA) is 57.3 Å². The number of halogens is 2. The number of nitrogens with zero attached hydrogens (tertiary/aromatic N) is 2. The summed E-state index contributed by atoms with van der Waals surface area (Å²) in [4.78, 5) is 21.0. The number of nitrogens with one attached hydrogen (secondary N) is 2. The number of aromatic nitrogens is 1. The van der Waals surface area contributed by atoms with Gasteiger partial charge in [0, 0.05) is 48.7 Å². The summed E-state index contributed by atoms with van der Waals surface area (Å²) in [6.07, 6.45) is 7.46. The van der Waals surface area contributed by atoms with Gasteiger partial charge in [0.15, 0.2) is 0 Å². The van der Waals surface area contributed by atoms with E-state index in [9.17, 15) is 4.79 Å². The molecule has 4 heterocycles. The van der Waals surface area contributed by atoms with Crippen LogP contribution in [-0.4, -0.2) is 41.5 Å². The van der Waals surface area contributed by atoms with Crippen LogP contribution in [0.4, 0.5) is 0 Å². The lowest BCUT2D eigenvalue weighted by Gasteiger charge is -2.27. The van der Waals surface area contributed by atoms with Crippen molar-refractivity contribution in [2.24, 2.45) is 0 Å². The first-order valence-corrected chi connectivity index (χ1v) is 11.4. The molecule has 2 N–H and O–H groups in total. The van der Waals surface area contributed by atoms with Crippen molar-refractivity contribution in [3.8, 4) is 0 Å². The van der Waals surface area contributed by atoms with Crippen LogP contribution in [-0.2, 0) is 25.9 Å². The van der Waals surface area contributed by atoms with Crippen LogP contribution in [0.15, 0.2) is 23.7 Å². The van der Waals surface area contributed by atoms with Gasteiger partial charge in [-0.15, -0.1) is 36.2 Å². The van der Waals surface area contributed by atoms with E-state index in [4.69, 9.17) is 0 Å². The maximum Gasteiger partial charge on any atom is 0.252 e. The third kappa shape index (κ3) is 6.17. The van der Waals surface area contributed by atoms with Gasteiger partial charge in [0.2, 0.25) is 0 Å². The van der Waals surface area contributed by atoms with E-state index in [0.717, 1.165) is 63.2 Å². The predicted molar refractivity (Wildman–Crippen MR) is 128 cm³/mol. The van der Waals surface area contributed by atoms with Crippen molar-refractivity contribution < 1.29 is 4.79 Å². The number of aryl methyl sites for hydroxylation is 1. The van der Waals surface area contributed by atoms with Gasteiger partial charge in [-0.3, -0.25) is 14.7 Å². The largest absolute Gasteiger partial charge is 0.352 e. The lowest BCUT2D eigenvalue weighted by molar-refractivity contribution is 0.0951. The summed E-state index contributed by atoms with van der Waals surface area (Å²) in [6.45, 7) is 6.79. The zero-order chi connectivity index (χ0) is 19.3. The highest BCUT2D eigenvalue weighted by atomic mass is 35.5. The number of rotatable bonds is 7. The molecule has 166 valence electrons. The Morgan fingerprint density at radius 1 is 1.37 bits per heavy atom. The first-order chi connectivity index (χ1) is 13.7. The Morgan fingerprint density at radius 2 is 2.23 bits per heavy atom. The number of carbonyl (C=O) groups is 1. The summed E-state index contributed by atoms with van der Waals surface area (Å²) < 4.78 is 0. The monoisotopic (exact) mass is 470 g/mol. The molecule has 1 fully saturated rings. The fourth-order valence-electron chi connectivity index (χ4n) is 4.15. The zero-order valence-electron chi connectivity index (χ0n) is 17.5. The highest BCUT2D eigenvalue weighted by molar-refractivity contribution is 7.10. The molecule has 30 heavy (non-hydrogen) atoms. The average Bonchev–Trinajstić information content (AvgIpc) is 3.38. The van der Waals surface area contributed by atoms with Crippen molar-refractivity contribution in [1.82, 2.24) is 20.5 Å². The van der Waals surface area contributed by atoms with Gasteiger partial charge in [-0.2, -0.15) is 0 Å². The number of carbonyl (C=O) groups excluding carboxylic acids is 1. The van der Waals surface area contributed by atoms with Crippen LogP contribution in [0.2, 0.25) is 0 Å². The molecule has 1 amide bonds. The molecule has 2 aromatic rings. The van der Waals surface area contributed by atoms with Crippen molar-refractivity contribution >= 4 is 42.1 Å². The Balaban J connectivity index is 0.00000160. The zero-order valence-corrected chi connectivity index (χ0v) is 19.9. The van der Waals surface area contributed by atoms with Gasteiger partial charge < -0.3 is 10.6 Å². The Hall–Kier alpha value is -1.18. The second-order valence-corrected chi connectivity index (χ2v) is 8.83. The summed E-state index contributed by atoms with van der Waals surface area (Å²) in [5.41, 5.74) is 4.55. The first kappa shape index (κ1) is 25.1. The lowest BCUT2D eigenvalue weighted by Crippen LogP contribution is -2.33. The van der Waals surface area contributed by atoms with Gasteiger partial charge in [0.1, 0.15) is 0 Å². The van der Waals surface area contributed by atoms with E-state index >= 15 is 0 Å². The molecule has 2 aromatic heterocycles. The smallest absolute Gasteiger partial charge is 0.252 e. The Kier molecular flexibility index (Phi) is 10.0. The van der Waals surface area contributed by atoms with Crippen LogP contribution in [0.1, 0.15) is 58.2 Å². The fourth-order valence-corrected chi connectivity index (χ4v) is 5.27. The Morgan fingerprint density at radius 3 is 2.93 bits per heavy atom. The minimum Gasteiger partial charge on any atom is -0.352 e. The van der Waals surface area contributed by atoms with Crippen LogP contribution in [0.25, 0.3) is 0 Å². The predicted octanol–water partition coefficient (Wildman–Crippen LogP) is 3.98. The molecule has 4 rings (SSSR count). The number of hydrogen-bond acceptors (Lipinski definition) is 5. The molecule has 0 unspecified atom stereocenters. The Labute approximate surface area is 195 Å². The van der Waals surface area contributed by atoms with E-state index in [1.165, 1.54) is 28.8 Å². The standard InChI is InChI=1S/C22H30N4OS.2ClH/c1-2-16-5-6-18(25-12-16)13-26-11-8-19-20(15-28-21(19)14-26)22(27)24-10-7-17-4-3-9-23-17;;/h5-6,12,15,17,23H,2-4,7-11,13-14H2,1H3,(H,24,27);2*1H/t17-;;/m1../s1. The van der Waals surface area contributed by atoms with Gasteiger partial charge >= 0.3 is 0 Å². The van der Waals surface area contributed by atoms with E-state index in [1.807, 2.05) is 11.6 Å². The minimum atomic E-state index is 0. The summed E-state index contributed by atoms with van der Waals surface area (Å²) in [5, 5.41) is 8.66. The minimum absolute atomic E-state index is 0. The molecule has 0 spiro atoms. The highest BCUT2D eigenvalue weighted by Gasteiger charge is 2.24. The molecule has 8 heteroatoms. The van der Waals surface area contributed by atoms with E-state index in [2.05, 4.69) is 39.6 Å². The molecule has 2 aliphatic heterocycles. The number of pyridine rings is 1. The quantitative estimate of drug-likeness (QED) is 0.642. The maximum absolute atomic E-state index is 12.6. The molecule has 0 saturated carbocycles. The van der Waals surface area contributed by atoms with Crippen molar-refractivity contribution in [1.29, 1.82) is 0 Å². The second-order valence-electron chi connectivity index (χ2n) is 7.86. The third-order valence-corrected chi connectivity index (χ3v) is 6.90. The Bertz CT molecular complexity index is 806. The normalized spacial score (nSPS) is 18.2. The van der Waals surface area contributed by atoms with Gasteiger partial charge in [0.25, 0.3) is 5.91 Å². The molecule has 1 saturated heterocycles. The molecule has 2 aliphatic rings. The van der Waals surface area contributed by atoms with Gasteiger partial charge in [0.05, 0.1) is 11.3 Å². The summed E-state index contributed by atoms with van der Waals surface area (Å²) in [6, 6.07) is 4.89. The van der Waals surface area contributed by atoms with Crippen LogP contribution in [0, 0.1) is 0 Å². The fraction of sp³-hybridized carbons (Fsp3) is 0.545. The molecule has 0 bridgehead atoms. The number of amides is 1. The van der Waals surface area contributed by atoms with E-state index in [-0.39, 0.29) is 30.7 Å². The van der Waals surface area contributed by atoms with Crippen LogP contribution < -0.4 is 10.6 Å². The molecule has 5 nitrogen and oxygen atoms in total. The van der Waals surface area contributed by atoms with E-state index in [1.54, 1.807) is 11.3 Å². The molecular formula is C22H32Cl2N4OS.